The second kappa shape index (κ2) is 7.28. The first-order chi connectivity index (χ1) is 11.3. The van der Waals surface area contributed by atoms with Crippen molar-refractivity contribution in [1.82, 2.24) is 9.78 Å². The Bertz CT molecular complexity index is 663. The molecule has 0 saturated carbocycles. The Balaban J connectivity index is 1.70. The molecule has 1 fully saturated rings. The van der Waals surface area contributed by atoms with E-state index in [1.54, 1.807) is 18.3 Å². The number of hydrogen-bond acceptors (Lipinski definition) is 4. The highest BCUT2D eigenvalue weighted by Crippen LogP contribution is 2.23. The molecule has 0 aliphatic carbocycles. The second-order valence-corrected chi connectivity index (χ2v) is 5.44. The van der Waals surface area contributed by atoms with Crippen LogP contribution in [0.4, 0.5) is 5.69 Å². The van der Waals surface area contributed by atoms with Gasteiger partial charge in [0.05, 0.1) is 30.1 Å². The Kier molecular flexibility index (Phi) is 4.92. The van der Waals surface area contributed by atoms with Gasteiger partial charge in [0.15, 0.2) is 0 Å². The van der Waals surface area contributed by atoms with Crippen molar-refractivity contribution in [2.75, 3.05) is 25.1 Å². The van der Waals surface area contributed by atoms with Crippen LogP contribution in [0.15, 0.2) is 36.7 Å². The summed E-state index contributed by atoms with van der Waals surface area (Å²) in [6.45, 7) is 3.93. The van der Waals surface area contributed by atoms with Crippen molar-refractivity contribution in [3.8, 4) is 5.75 Å². The minimum Gasteiger partial charge on any atom is -0.493 e. The van der Waals surface area contributed by atoms with Gasteiger partial charge in [-0.1, -0.05) is 12.1 Å². The van der Waals surface area contributed by atoms with Crippen LogP contribution in [0.3, 0.4) is 0 Å². The highest BCUT2D eigenvalue weighted by molar-refractivity contribution is 6.06. The summed E-state index contributed by atoms with van der Waals surface area (Å²) in [7, 11) is 0. The van der Waals surface area contributed by atoms with E-state index in [2.05, 4.69) is 10.4 Å². The van der Waals surface area contributed by atoms with E-state index < -0.39 is 0 Å². The Labute approximate surface area is 135 Å². The van der Waals surface area contributed by atoms with E-state index in [1.807, 2.05) is 29.9 Å². The van der Waals surface area contributed by atoms with Crippen LogP contribution in [-0.4, -0.2) is 35.5 Å². The zero-order chi connectivity index (χ0) is 16.1. The van der Waals surface area contributed by atoms with Crippen molar-refractivity contribution in [2.45, 2.75) is 25.8 Å². The maximum absolute atomic E-state index is 12.4. The molecule has 0 bridgehead atoms. The first-order valence-electron chi connectivity index (χ1n) is 7.93. The molecule has 2 heterocycles. The monoisotopic (exact) mass is 315 g/mol. The van der Waals surface area contributed by atoms with Crippen LogP contribution in [0.2, 0.25) is 0 Å². The number of aromatic nitrogens is 2. The van der Waals surface area contributed by atoms with Crippen LogP contribution in [0.1, 0.15) is 36.2 Å². The summed E-state index contributed by atoms with van der Waals surface area (Å²) >= 11 is 0. The summed E-state index contributed by atoms with van der Waals surface area (Å²) in [5.41, 5.74) is 1.21. The Morgan fingerprint density at radius 3 is 2.96 bits per heavy atom. The smallest absolute Gasteiger partial charge is 0.259 e. The van der Waals surface area contributed by atoms with Gasteiger partial charge in [-0.15, -0.1) is 0 Å². The third-order valence-electron chi connectivity index (χ3n) is 3.86. The Morgan fingerprint density at radius 1 is 1.39 bits per heavy atom. The molecule has 23 heavy (non-hydrogen) atoms. The van der Waals surface area contributed by atoms with Crippen molar-refractivity contribution in [2.24, 2.45) is 0 Å². The Hall–Kier alpha value is -2.34. The fourth-order valence-corrected chi connectivity index (χ4v) is 2.69. The molecule has 1 aromatic carbocycles. The zero-order valence-electron chi connectivity index (χ0n) is 13.2. The molecule has 6 nitrogen and oxygen atoms in total. The molecule has 1 saturated heterocycles. The molecule has 0 unspecified atom stereocenters. The molecule has 0 spiro atoms. The molecular formula is C17H21N3O3. The van der Waals surface area contributed by atoms with Crippen LogP contribution in [0, 0.1) is 0 Å². The predicted octanol–water partition coefficient (Wildman–Crippen LogP) is 2.89. The summed E-state index contributed by atoms with van der Waals surface area (Å²) in [5, 5.41) is 7.24. The van der Waals surface area contributed by atoms with E-state index in [-0.39, 0.29) is 5.91 Å². The third kappa shape index (κ3) is 3.71. The molecule has 0 atom stereocenters. The normalized spacial score (nSPS) is 15.3. The van der Waals surface area contributed by atoms with E-state index in [4.69, 9.17) is 9.47 Å². The first kappa shape index (κ1) is 15.6. The van der Waals surface area contributed by atoms with Crippen LogP contribution < -0.4 is 10.1 Å². The first-order valence-corrected chi connectivity index (χ1v) is 7.93. The van der Waals surface area contributed by atoms with E-state index in [0.717, 1.165) is 26.1 Å². The van der Waals surface area contributed by atoms with Gasteiger partial charge < -0.3 is 14.8 Å². The fraction of sp³-hybridized carbons (Fsp3) is 0.412. The average Bonchev–Trinajstić information content (AvgIpc) is 3.05. The van der Waals surface area contributed by atoms with Gasteiger partial charge in [-0.3, -0.25) is 9.48 Å². The summed E-state index contributed by atoms with van der Waals surface area (Å²) in [4.78, 5) is 12.4. The molecule has 1 aliphatic rings. The highest BCUT2D eigenvalue weighted by Gasteiger charge is 2.18. The molecule has 1 aliphatic heterocycles. The molecule has 1 N–H and O–H groups in total. The lowest BCUT2D eigenvalue weighted by atomic mass is 10.1. The standard InChI is InChI=1S/C17H21N3O3/c1-2-23-16-6-4-3-5-15(16)17(21)19-13-11-18-20(12-13)14-7-9-22-10-8-14/h3-6,11-12,14H,2,7-10H2,1H3,(H,19,21). The number of carbonyl (C=O) groups excluding carboxylic acids is 1. The van der Waals surface area contributed by atoms with E-state index in [9.17, 15) is 4.79 Å². The molecule has 6 heteroatoms. The SMILES string of the molecule is CCOc1ccccc1C(=O)Nc1cnn(C2CCOCC2)c1. The summed E-state index contributed by atoms with van der Waals surface area (Å²) in [5.74, 6) is 0.393. The number of nitrogens with zero attached hydrogens (tertiary/aromatic N) is 2. The van der Waals surface area contributed by atoms with Gasteiger partial charge in [0.25, 0.3) is 5.91 Å². The maximum Gasteiger partial charge on any atom is 0.259 e. The second-order valence-electron chi connectivity index (χ2n) is 5.44. The lowest BCUT2D eigenvalue weighted by molar-refractivity contribution is 0.0662. The van der Waals surface area contributed by atoms with Gasteiger partial charge in [0.1, 0.15) is 5.75 Å². The summed E-state index contributed by atoms with van der Waals surface area (Å²) in [6.07, 6.45) is 5.44. The molecule has 1 aromatic heterocycles. The topological polar surface area (TPSA) is 65.4 Å². The zero-order valence-corrected chi connectivity index (χ0v) is 13.2. The fourth-order valence-electron chi connectivity index (χ4n) is 2.69. The van der Waals surface area contributed by atoms with Crippen molar-refractivity contribution < 1.29 is 14.3 Å². The van der Waals surface area contributed by atoms with Crippen molar-refractivity contribution in [3.05, 3.63) is 42.2 Å². The van der Waals surface area contributed by atoms with Gasteiger partial charge in [-0.2, -0.15) is 5.10 Å². The van der Waals surface area contributed by atoms with Crippen LogP contribution in [0.25, 0.3) is 0 Å². The van der Waals surface area contributed by atoms with Gasteiger partial charge in [0.2, 0.25) is 0 Å². The minimum absolute atomic E-state index is 0.194. The predicted molar refractivity (Wildman–Crippen MR) is 86.9 cm³/mol. The van der Waals surface area contributed by atoms with Crippen molar-refractivity contribution in [1.29, 1.82) is 0 Å². The maximum atomic E-state index is 12.4. The molecule has 1 amide bonds. The molecule has 0 radical (unpaired) electrons. The number of rotatable bonds is 5. The third-order valence-corrected chi connectivity index (χ3v) is 3.86. The van der Waals surface area contributed by atoms with Crippen LogP contribution in [-0.2, 0) is 4.74 Å². The van der Waals surface area contributed by atoms with E-state index in [1.165, 1.54) is 0 Å². The number of amides is 1. The molecule has 122 valence electrons. The average molecular weight is 315 g/mol. The largest absolute Gasteiger partial charge is 0.493 e. The van der Waals surface area contributed by atoms with E-state index in [0.29, 0.717) is 29.6 Å². The Morgan fingerprint density at radius 2 is 2.17 bits per heavy atom. The quantitative estimate of drug-likeness (QED) is 0.921. The number of anilines is 1. The van der Waals surface area contributed by atoms with E-state index >= 15 is 0 Å². The lowest BCUT2D eigenvalue weighted by Gasteiger charge is -2.22. The molecule has 3 rings (SSSR count). The van der Waals surface area contributed by atoms with Crippen LogP contribution in [0.5, 0.6) is 5.75 Å². The van der Waals surface area contributed by atoms with Gasteiger partial charge >= 0.3 is 0 Å². The number of para-hydroxylation sites is 1. The summed E-state index contributed by atoms with van der Waals surface area (Å²) < 4.78 is 12.8. The lowest BCUT2D eigenvalue weighted by Crippen LogP contribution is -2.19. The number of nitrogens with one attached hydrogen (secondary N) is 1. The molecular weight excluding hydrogens is 294 g/mol. The van der Waals surface area contributed by atoms with Gasteiger partial charge in [-0.05, 0) is 31.9 Å². The minimum atomic E-state index is -0.194. The number of benzene rings is 1. The van der Waals surface area contributed by atoms with Crippen molar-refractivity contribution in [3.63, 3.8) is 0 Å². The summed E-state index contributed by atoms with van der Waals surface area (Å²) in [6, 6.07) is 7.56. The van der Waals surface area contributed by atoms with Gasteiger partial charge in [-0.25, -0.2) is 0 Å². The van der Waals surface area contributed by atoms with Crippen LogP contribution >= 0.6 is 0 Å². The number of hydrogen-bond donors (Lipinski definition) is 1. The number of carbonyl (C=O) groups is 1. The molecule has 2 aromatic rings. The van der Waals surface area contributed by atoms with Gasteiger partial charge in [0, 0.05) is 19.4 Å². The van der Waals surface area contributed by atoms with Crippen molar-refractivity contribution >= 4 is 11.6 Å². The highest BCUT2D eigenvalue weighted by atomic mass is 16.5. The number of ether oxygens (including phenoxy) is 2.